The fourth-order valence-corrected chi connectivity index (χ4v) is 0. The van der Waals surface area contributed by atoms with Crippen LogP contribution in [-0.2, 0) is 4.89 Å². The van der Waals surface area contributed by atoms with Gasteiger partial charge < -0.3 is 0 Å². The molecule has 0 bridgehead atoms. The molecule has 0 amide bonds. The molecule has 0 radical (unpaired) electrons. The van der Waals surface area contributed by atoms with E-state index in [1.165, 1.54) is 7.11 Å². The monoisotopic (exact) mass is 344 g/mol. The van der Waals surface area contributed by atoms with Gasteiger partial charge in [-0.3, -0.25) is 36.8 Å². The highest BCUT2D eigenvalue weighted by Gasteiger charge is 1.26. The molecule has 0 heterocycles. The summed E-state index contributed by atoms with van der Waals surface area (Å²) in [5, 5.41) is 43.1. The summed E-state index contributed by atoms with van der Waals surface area (Å²) < 4.78 is 0. The van der Waals surface area contributed by atoms with Crippen molar-refractivity contribution in [3.63, 3.8) is 0 Å². The highest BCUT2D eigenvalue weighted by atomic mass is 31.0. The average Bonchev–Trinajstić information content (AvgIpc) is 2.32. The highest BCUT2D eigenvalue weighted by Crippen LogP contribution is 1.46. The van der Waals surface area contributed by atoms with Crippen LogP contribution in [0.4, 0.5) is 0 Å². The standard InChI is InChI=1S/CH4O2.CH5P.7CH4.3H2O2.O2/c1-3-2;1-2;;;;;;;;4*1-2/h2H,1H3;2H2,1H3;7*1H4;3*1-2H;/p+2. The minimum atomic E-state index is 0. The first-order valence-electron chi connectivity index (χ1n) is 1.93. The van der Waals surface area contributed by atoms with E-state index in [9.17, 15) is 0 Å². The Hall–Kier alpha value is -0.290. The van der Waals surface area contributed by atoms with Crippen molar-refractivity contribution in [2.45, 2.75) is 52.0 Å². The lowest BCUT2D eigenvalue weighted by Crippen LogP contribution is -1.57. The first kappa shape index (κ1) is 153. The fraction of sp³-hybridized carbons (Fsp3) is 1.00. The molecule has 144 valence electrons. The summed E-state index contributed by atoms with van der Waals surface area (Å²) in [5.41, 5.74) is 0. The van der Waals surface area contributed by atoms with Crippen LogP contribution in [0.1, 0.15) is 54.8 Å². The third kappa shape index (κ3) is 58800. The third-order valence-electron chi connectivity index (χ3n) is 0. The molecule has 0 aromatic heterocycles. The Morgan fingerprint density at radius 2 is 0.650 bits per heavy atom. The van der Waals surface area contributed by atoms with Crippen molar-refractivity contribution < 1.29 is 44.5 Å². The minimum absolute atomic E-state index is 0. The SMILES string of the molecule is C.C.C.C.C.C.C.COO.CP.O=O.OO.OO.OO.[H+].[H+]. The van der Waals surface area contributed by atoms with Crippen LogP contribution in [0.15, 0.2) is 0 Å². The summed E-state index contributed by atoms with van der Waals surface area (Å²) in [6, 6.07) is 0. The molecule has 0 saturated carbocycles. The van der Waals surface area contributed by atoms with E-state index in [0.717, 1.165) is 0 Å². The van der Waals surface area contributed by atoms with Gasteiger partial charge in [-0.25, -0.2) is 4.89 Å². The van der Waals surface area contributed by atoms with E-state index in [4.69, 9.17) is 46.7 Å². The zero-order valence-electron chi connectivity index (χ0n) is 8.93. The van der Waals surface area contributed by atoms with Crippen molar-refractivity contribution in [3.8, 4) is 0 Å². The van der Waals surface area contributed by atoms with E-state index in [-0.39, 0.29) is 54.8 Å². The van der Waals surface area contributed by atoms with E-state index < -0.39 is 0 Å². The van der Waals surface area contributed by atoms with Gasteiger partial charge in [0.1, 0.15) is 0 Å². The van der Waals surface area contributed by atoms with Crippen LogP contribution in [0.3, 0.4) is 0 Å². The zero-order chi connectivity index (χ0) is 12.7. The third-order valence-corrected chi connectivity index (χ3v) is 0. The molecule has 0 aliphatic rings. The Morgan fingerprint density at radius 3 is 0.650 bits per heavy atom. The molecule has 0 aromatic carbocycles. The Balaban J connectivity index is -0.00000000191. The number of hydrogen-bond donors (Lipinski definition) is 7. The molecule has 0 fully saturated rings. The van der Waals surface area contributed by atoms with Gasteiger partial charge in [0.2, 0.25) is 0 Å². The highest BCUT2D eigenvalue weighted by molar-refractivity contribution is 7.15. The van der Waals surface area contributed by atoms with E-state index >= 15 is 0 Å². The second-order valence-corrected chi connectivity index (χ2v) is 0.183. The summed E-state index contributed by atoms with van der Waals surface area (Å²) in [6.45, 7) is 1.92. The second-order valence-electron chi connectivity index (χ2n) is 0.183. The smallest absolute Gasteiger partial charge is 0.255 e. The molecule has 1 atom stereocenters. The van der Waals surface area contributed by atoms with Gasteiger partial charge in [-0.05, 0) is 0 Å². The van der Waals surface area contributed by atoms with Gasteiger partial charge in [-0.2, -0.15) is 0 Å². The molecular formula is C9H45O10P+2. The molecule has 7 N–H and O–H groups in total. The van der Waals surface area contributed by atoms with Crippen molar-refractivity contribution in [1.29, 1.82) is 0 Å². The topological polar surface area (TPSA) is 185 Å². The lowest BCUT2D eigenvalue weighted by Gasteiger charge is -1.59. The van der Waals surface area contributed by atoms with Gasteiger partial charge in [0.05, 0.1) is 7.11 Å². The minimum Gasteiger partial charge on any atom is -0.255 e. The maximum Gasteiger partial charge on any atom is 1.00 e. The Kier molecular flexibility index (Phi) is 89200. The van der Waals surface area contributed by atoms with Crippen LogP contribution < -0.4 is 0 Å². The van der Waals surface area contributed by atoms with Gasteiger partial charge in [0.25, 0.3) is 0 Å². The Morgan fingerprint density at radius 1 is 0.650 bits per heavy atom. The number of hydrogen-bond acceptors (Lipinski definition) is 10. The van der Waals surface area contributed by atoms with Crippen LogP contribution in [0.25, 0.3) is 0 Å². The molecule has 0 aliphatic heterocycles. The van der Waals surface area contributed by atoms with Crippen LogP contribution in [-0.4, -0.2) is 50.6 Å². The van der Waals surface area contributed by atoms with Crippen LogP contribution >= 0.6 is 9.24 Å². The molecule has 0 spiro atoms. The van der Waals surface area contributed by atoms with E-state index in [2.05, 4.69) is 14.1 Å². The molecule has 0 saturated heterocycles. The van der Waals surface area contributed by atoms with Crippen LogP contribution in [0.5, 0.6) is 0 Å². The molecule has 1 unspecified atom stereocenters. The molecule has 0 aromatic rings. The van der Waals surface area contributed by atoms with E-state index in [1.54, 1.807) is 0 Å². The summed E-state index contributed by atoms with van der Waals surface area (Å²) in [4.78, 5) is 17.2. The summed E-state index contributed by atoms with van der Waals surface area (Å²) in [6.07, 6.45) is 0. The van der Waals surface area contributed by atoms with E-state index in [0.29, 0.717) is 0 Å². The van der Waals surface area contributed by atoms with Crippen molar-refractivity contribution in [3.05, 3.63) is 9.93 Å². The van der Waals surface area contributed by atoms with Gasteiger partial charge in [0, 0.05) is 9.93 Å². The normalized spacial score (nSPS) is 2.30. The van der Waals surface area contributed by atoms with E-state index in [1.807, 2.05) is 6.66 Å². The summed E-state index contributed by atoms with van der Waals surface area (Å²) in [7, 11) is 3.60. The summed E-state index contributed by atoms with van der Waals surface area (Å²) >= 11 is 0. The van der Waals surface area contributed by atoms with Crippen molar-refractivity contribution >= 4 is 9.24 Å². The molecule has 0 aliphatic carbocycles. The molecular weight excluding hydrogens is 299 g/mol. The Labute approximate surface area is 130 Å². The largest absolute Gasteiger partial charge is 1.00 e. The summed E-state index contributed by atoms with van der Waals surface area (Å²) in [5.74, 6) is 0. The number of rotatable bonds is 0. The molecule has 0 rings (SSSR count). The quantitative estimate of drug-likeness (QED) is 0.170. The predicted octanol–water partition coefficient (Wildman–Crippen LogP) is 5.39. The first-order valence-corrected chi connectivity index (χ1v) is 3.09. The Bertz CT molecular complexity index is 38.4. The molecule has 10 nitrogen and oxygen atoms in total. The van der Waals surface area contributed by atoms with Crippen molar-refractivity contribution in [1.82, 2.24) is 0 Å². The lowest BCUT2D eigenvalue weighted by atomic mass is 11.8. The first-order chi connectivity index (χ1) is 6.41. The maximum absolute atomic E-state index is 7.07. The second kappa shape index (κ2) is 11600. The molecule has 20 heavy (non-hydrogen) atoms. The molecule has 11 heteroatoms. The van der Waals surface area contributed by atoms with Gasteiger partial charge in [-0.15, -0.1) is 9.24 Å². The van der Waals surface area contributed by atoms with Crippen LogP contribution in [0.2, 0.25) is 0 Å². The predicted molar refractivity (Wildman–Crippen MR) is 97.1 cm³/mol. The fourth-order valence-electron chi connectivity index (χ4n) is 0. The average molecular weight is 344 g/mol. The van der Waals surface area contributed by atoms with Crippen molar-refractivity contribution in [2.24, 2.45) is 0 Å². The maximum atomic E-state index is 7.07. The van der Waals surface area contributed by atoms with Gasteiger partial charge in [-0.1, -0.05) is 58.7 Å². The van der Waals surface area contributed by atoms with Gasteiger partial charge >= 0.3 is 2.85 Å². The lowest BCUT2D eigenvalue weighted by molar-refractivity contribution is -0.214. The van der Waals surface area contributed by atoms with Crippen molar-refractivity contribution in [2.75, 3.05) is 13.8 Å². The zero-order valence-corrected chi connectivity index (χ0v) is 8.09. The van der Waals surface area contributed by atoms with Gasteiger partial charge in [0.15, 0.2) is 0 Å². The van der Waals surface area contributed by atoms with Crippen LogP contribution in [0, 0.1) is 9.93 Å².